The Morgan fingerprint density at radius 1 is 1.39 bits per heavy atom. The van der Waals surface area contributed by atoms with E-state index in [1.165, 1.54) is 7.11 Å². The first-order valence-corrected chi connectivity index (χ1v) is 5.64. The summed E-state index contributed by atoms with van der Waals surface area (Å²) in [5.74, 6) is -0.265. The Kier molecular flexibility index (Phi) is 5.41. The van der Waals surface area contributed by atoms with E-state index >= 15 is 0 Å². The van der Waals surface area contributed by atoms with E-state index in [1.807, 2.05) is 0 Å². The van der Waals surface area contributed by atoms with Crippen LogP contribution in [0.4, 0.5) is 11.4 Å². The zero-order valence-corrected chi connectivity index (χ0v) is 10.3. The highest BCUT2D eigenvalue weighted by Crippen LogP contribution is 2.13. The van der Waals surface area contributed by atoms with Gasteiger partial charge in [-0.15, -0.1) is 0 Å². The molecule has 6 nitrogen and oxygen atoms in total. The summed E-state index contributed by atoms with van der Waals surface area (Å²) < 4.78 is 4.78. The summed E-state index contributed by atoms with van der Waals surface area (Å²) in [6, 6.07) is 4.69. The summed E-state index contributed by atoms with van der Waals surface area (Å²) >= 11 is 0. The van der Waals surface area contributed by atoms with Crippen molar-refractivity contribution in [3.63, 3.8) is 0 Å². The van der Waals surface area contributed by atoms with E-state index < -0.39 is 6.10 Å². The predicted octanol–water partition coefficient (Wildman–Crippen LogP) is -0.0218. The van der Waals surface area contributed by atoms with Crippen molar-refractivity contribution < 1.29 is 14.6 Å². The number of nitrogens with two attached hydrogens (primary N) is 2. The number of anilines is 2. The first-order chi connectivity index (χ1) is 8.52. The molecule has 6 heteroatoms. The molecule has 18 heavy (non-hydrogen) atoms. The van der Waals surface area contributed by atoms with Gasteiger partial charge in [0.25, 0.3) is 5.91 Å². The van der Waals surface area contributed by atoms with Gasteiger partial charge < -0.3 is 26.6 Å². The largest absolute Gasteiger partial charge is 0.399 e. The molecule has 1 unspecified atom stereocenters. The molecule has 1 aromatic rings. The molecule has 1 atom stereocenters. The average molecular weight is 253 g/mol. The molecule has 0 radical (unpaired) electrons. The molecular formula is C12H19N3O3. The summed E-state index contributed by atoms with van der Waals surface area (Å²) in [6.07, 6.45) is -0.154. The molecule has 1 amide bonds. The van der Waals surface area contributed by atoms with Crippen LogP contribution in [0.2, 0.25) is 0 Å². The van der Waals surface area contributed by atoms with E-state index in [-0.39, 0.29) is 12.5 Å². The summed E-state index contributed by atoms with van der Waals surface area (Å²) in [6.45, 7) is 0.610. The Bertz CT molecular complexity index is 389. The van der Waals surface area contributed by atoms with Gasteiger partial charge in [-0.3, -0.25) is 4.79 Å². The molecule has 0 bridgehead atoms. The maximum atomic E-state index is 11.8. The topological polar surface area (TPSA) is 111 Å². The fourth-order valence-corrected chi connectivity index (χ4v) is 1.54. The Labute approximate surface area is 106 Å². The Balaban J connectivity index is 2.45. The maximum Gasteiger partial charge on any atom is 0.251 e. The van der Waals surface area contributed by atoms with E-state index in [0.29, 0.717) is 29.9 Å². The molecular weight excluding hydrogens is 234 g/mol. The number of benzene rings is 1. The number of aliphatic hydroxyl groups excluding tert-OH is 1. The molecule has 0 aliphatic heterocycles. The highest BCUT2D eigenvalue weighted by molar-refractivity contribution is 5.96. The quantitative estimate of drug-likeness (QED) is 0.532. The second-order valence-corrected chi connectivity index (χ2v) is 4.04. The van der Waals surface area contributed by atoms with Crippen LogP contribution in [0.3, 0.4) is 0 Å². The molecule has 0 saturated heterocycles. The Morgan fingerprint density at radius 3 is 2.56 bits per heavy atom. The van der Waals surface area contributed by atoms with Gasteiger partial charge in [-0.1, -0.05) is 0 Å². The number of methoxy groups -OCH3 is 1. The molecule has 0 spiro atoms. The van der Waals surface area contributed by atoms with Gasteiger partial charge in [0.1, 0.15) is 0 Å². The second kappa shape index (κ2) is 6.83. The standard InChI is InChI=1S/C12H19N3O3/c1-18-7-11(16)2-3-15-12(17)8-4-9(13)6-10(14)5-8/h4-6,11,16H,2-3,7,13-14H2,1H3,(H,15,17). The van der Waals surface area contributed by atoms with Gasteiger partial charge in [-0.2, -0.15) is 0 Å². The van der Waals surface area contributed by atoms with Crippen LogP contribution < -0.4 is 16.8 Å². The SMILES string of the molecule is COCC(O)CCNC(=O)c1cc(N)cc(N)c1. The lowest BCUT2D eigenvalue weighted by Gasteiger charge is -2.10. The number of carbonyl (C=O) groups excluding carboxylic acids is 1. The van der Waals surface area contributed by atoms with Gasteiger partial charge in [0.05, 0.1) is 12.7 Å². The van der Waals surface area contributed by atoms with Gasteiger partial charge in [0.2, 0.25) is 0 Å². The van der Waals surface area contributed by atoms with Crippen LogP contribution in [0, 0.1) is 0 Å². The predicted molar refractivity (Wildman–Crippen MR) is 70.1 cm³/mol. The molecule has 100 valence electrons. The third kappa shape index (κ3) is 4.60. The van der Waals surface area contributed by atoms with Crippen LogP contribution in [0.5, 0.6) is 0 Å². The number of aliphatic hydroxyl groups is 1. The Hall–Kier alpha value is -1.79. The zero-order valence-electron chi connectivity index (χ0n) is 10.3. The number of hydrogen-bond acceptors (Lipinski definition) is 5. The minimum absolute atomic E-state index is 0.251. The number of nitrogen functional groups attached to an aromatic ring is 2. The highest BCUT2D eigenvalue weighted by atomic mass is 16.5. The van der Waals surface area contributed by atoms with Crippen LogP contribution in [0.1, 0.15) is 16.8 Å². The fraction of sp³-hybridized carbons (Fsp3) is 0.417. The summed E-state index contributed by atoms with van der Waals surface area (Å²) in [4.78, 5) is 11.8. The monoisotopic (exact) mass is 253 g/mol. The van der Waals surface area contributed by atoms with Crippen LogP contribution in [0.15, 0.2) is 18.2 Å². The number of carbonyl (C=O) groups is 1. The summed E-state index contributed by atoms with van der Waals surface area (Å²) in [5.41, 5.74) is 12.5. The molecule has 0 heterocycles. The lowest BCUT2D eigenvalue weighted by Crippen LogP contribution is -2.28. The van der Waals surface area contributed by atoms with E-state index in [0.717, 1.165) is 0 Å². The smallest absolute Gasteiger partial charge is 0.251 e. The molecule has 0 aliphatic rings. The van der Waals surface area contributed by atoms with Crippen molar-refractivity contribution in [2.24, 2.45) is 0 Å². The normalized spacial score (nSPS) is 12.1. The summed E-state index contributed by atoms with van der Waals surface area (Å²) in [7, 11) is 1.51. The molecule has 1 aromatic carbocycles. The number of rotatable bonds is 6. The van der Waals surface area contributed by atoms with Crippen LogP contribution >= 0.6 is 0 Å². The number of ether oxygens (including phenoxy) is 1. The van der Waals surface area contributed by atoms with E-state index in [1.54, 1.807) is 18.2 Å². The number of amides is 1. The minimum atomic E-state index is -0.582. The van der Waals surface area contributed by atoms with Crippen molar-refractivity contribution >= 4 is 17.3 Å². The van der Waals surface area contributed by atoms with Crippen molar-refractivity contribution in [1.29, 1.82) is 0 Å². The van der Waals surface area contributed by atoms with Gasteiger partial charge >= 0.3 is 0 Å². The summed E-state index contributed by atoms with van der Waals surface area (Å²) in [5, 5.41) is 12.1. The van der Waals surface area contributed by atoms with E-state index in [2.05, 4.69) is 5.32 Å². The average Bonchev–Trinajstić information content (AvgIpc) is 2.27. The van der Waals surface area contributed by atoms with E-state index in [4.69, 9.17) is 16.2 Å². The van der Waals surface area contributed by atoms with Crippen molar-refractivity contribution in [2.45, 2.75) is 12.5 Å². The Morgan fingerprint density at radius 2 is 2.00 bits per heavy atom. The van der Waals surface area contributed by atoms with Gasteiger partial charge in [0.15, 0.2) is 0 Å². The molecule has 0 fully saturated rings. The lowest BCUT2D eigenvalue weighted by molar-refractivity contribution is 0.0587. The highest BCUT2D eigenvalue weighted by Gasteiger charge is 2.08. The number of nitrogens with one attached hydrogen (secondary N) is 1. The maximum absolute atomic E-state index is 11.8. The first-order valence-electron chi connectivity index (χ1n) is 5.64. The zero-order chi connectivity index (χ0) is 13.5. The number of hydrogen-bond donors (Lipinski definition) is 4. The third-order valence-electron chi connectivity index (χ3n) is 2.36. The van der Waals surface area contributed by atoms with Crippen molar-refractivity contribution in [3.8, 4) is 0 Å². The molecule has 6 N–H and O–H groups in total. The van der Waals surface area contributed by atoms with Crippen molar-refractivity contribution in [3.05, 3.63) is 23.8 Å². The van der Waals surface area contributed by atoms with Crippen LogP contribution in [-0.4, -0.2) is 37.4 Å². The molecule has 0 saturated carbocycles. The molecule has 1 rings (SSSR count). The van der Waals surface area contributed by atoms with Crippen LogP contribution in [0.25, 0.3) is 0 Å². The van der Waals surface area contributed by atoms with Crippen molar-refractivity contribution in [2.75, 3.05) is 31.7 Å². The second-order valence-electron chi connectivity index (χ2n) is 4.04. The molecule has 0 aliphatic carbocycles. The van der Waals surface area contributed by atoms with E-state index in [9.17, 15) is 9.90 Å². The minimum Gasteiger partial charge on any atom is -0.399 e. The van der Waals surface area contributed by atoms with Crippen molar-refractivity contribution in [1.82, 2.24) is 5.32 Å². The first kappa shape index (κ1) is 14.3. The van der Waals surface area contributed by atoms with Crippen LogP contribution in [-0.2, 0) is 4.74 Å². The fourth-order valence-electron chi connectivity index (χ4n) is 1.54. The lowest BCUT2D eigenvalue weighted by atomic mass is 10.1. The molecule has 0 aromatic heterocycles. The van der Waals surface area contributed by atoms with Gasteiger partial charge in [-0.05, 0) is 24.6 Å². The third-order valence-corrected chi connectivity index (χ3v) is 2.36. The van der Waals surface area contributed by atoms with Gasteiger partial charge in [0, 0.05) is 30.6 Å². The van der Waals surface area contributed by atoms with Gasteiger partial charge in [-0.25, -0.2) is 0 Å².